The number of hydrogen-bond donors (Lipinski definition) is 1. The first-order valence-corrected chi connectivity index (χ1v) is 14.7. The highest BCUT2D eigenvalue weighted by atomic mass is 16.7. The zero-order valence-electron chi connectivity index (χ0n) is 22.5. The molecular formula is C33H44O3. The van der Waals surface area contributed by atoms with Gasteiger partial charge in [0.15, 0.2) is 5.79 Å². The summed E-state index contributed by atoms with van der Waals surface area (Å²) in [5.41, 5.74) is 8.05. The van der Waals surface area contributed by atoms with E-state index in [0.29, 0.717) is 23.7 Å². The lowest BCUT2D eigenvalue weighted by Gasteiger charge is -2.55. The van der Waals surface area contributed by atoms with E-state index in [9.17, 15) is 5.11 Å². The SMILES string of the molecule is CC1(C)COC2(CCC3=C4C(c5ccc(C=C6CC6)cc5)CC5(C)C(O)CCC5C4CCC3C2)OC1. The van der Waals surface area contributed by atoms with Gasteiger partial charge in [-0.15, -0.1) is 0 Å². The minimum Gasteiger partial charge on any atom is -0.393 e. The third-order valence-corrected chi connectivity index (χ3v) is 11.0. The number of hydrogen-bond acceptors (Lipinski definition) is 3. The molecule has 0 aromatic heterocycles. The molecule has 0 radical (unpaired) electrons. The van der Waals surface area contributed by atoms with Gasteiger partial charge in [0.1, 0.15) is 0 Å². The Morgan fingerprint density at radius 2 is 1.64 bits per heavy atom. The van der Waals surface area contributed by atoms with Crippen LogP contribution in [0.15, 0.2) is 41.0 Å². The van der Waals surface area contributed by atoms with Crippen LogP contribution in [0.3, 0.4) is 0 Å². The Bertz CT molecular complexity index is 1080. The fourth-order valence-electron chi connectivity index (χ4n) is 8.78. The highest BCUT2D eigenvalue weighted by Crippen LogP contribution is 2.65. The summed E-state index contributed by atoms with van der Waals surface area (Å²) in [4.78, 5) is 0. The maximum Gasteiger partial charge on any atom is 0.169 e. The second kappa shape index (κ2) is 8.29. The summed E-state index contributed by atoms with van der Waals surface area (Å²) in [6.45, 7) is 8.50. The van der Waals surface area contributed by atoms with Crippen molar-refractivity contribution in [2.75, 3.05) is 13.2 Å². The van der Waals surface area contributed by atoms with Gasteiger partial charge in [0.2, 0.25) is 0 Å². The van der Waals surface area contributed by atoms with E-state index < -0.39 is 0 Å². The molecule has 5 fully saturated rings. The Hall–Kier alpha value is -1.42. The van der Waals surface area contributed by atoms with Crippen LogP contribution in [0.4, 0.5) is 0 Å². The summed E-state index contributed by atoms with van der Waals surface area (Å²) >= 11 is 0. The van der Waals surface area contributed by atoms with E-state index >= 15 is 0 Å². The second-order valence-corrected chi connectivity index (χ2v) is 14.1. The van der Waals surface area contributed by atoms with Crippen molar-refractivity contribution in [2.45, 2.75) is 103 Å². The lowest BCUT2D eigenvalue weighted by atomic mass is 9.52. The number of aliphatic hydroxyl groups is 1. The van der Waals surface area contributed by atoms with E-state index in [1.807, 2.05) is 0 Å². The Kier molecular flexibility index (Phi) is 5.45. The Morgan fingerprint density at radius 1 is 0.889 bits per heavy atom. The molecule has 6 atom stereocenters. The number of rotatable bonds is 2. The second-order valence-electron chi connectivity index (χ2n) is 14.1. The zero-order chi connectivity index (χ0) is 24.7. The van der Waals surface area contributed by atoms with Crippen molar-refractivity contribution in [3.63, 3.8) is 0 Å². The van der Waals surface area contributed by atoms with Crippen molar-refractivity contribution in [3.8, 4) is 0 Å². The molecule has 1 spiro atoms. The highest BCUT2D eigenvalue weighted by molar-refractivity contribution is 5.57. The van der Waals surface area contributed by atoms with Crippen molar-refractivity contribution >= 4 is 6.08 Å². The van der Waals surface area contributed by atoms with Gasteiger partial charge in [-0.25, -0.2) is 0 Å². The summed E-state index contributed by atoms with van der Waals surface area (Å²) < 4.78 is 13.0. The average molecular weight is 489 g/mol. The molecule has 3 heteroatoms. The molecule has 3 nitrogen and oxygen atoms in total. The van der Waals surface area contributed by atoms with Crippen LogP contribution in [0, 0.1) is 28.6 Å². The number of ether oxygens (including phenoxy) is 2. The highest BCUT2D eigenvalue weighted by Gasteiger charge is 2.57. The molecule has 1 N–H and O–H groups in total. The molecule has 4 saturated carbocycles. The van der Waals surface area contributed by atoms with Crippen LogP contribution in [-0.4, -0.2) is 30.2 Å². The van der Waals surface area contributed by atoms with E-state index in [-0.39, 0.29) is 22.7 Å². The van der Waals surface area contributed by atoms with Gasteiger partial charge < -0.3 is 14.6 Å². The van der Waals surface area contributed by atoms with Crippen LogP contribution < -0.4 is 0 Å². The zero-order valence-corrected chi connectivity index (χ0v) is 22.5. The normalized spacial score (nSPS) is 40.4. The molecule has 0 bridgehead atoms. The number of allylic oxidation sites excluding steroid dienone is 3. The van der Waals surface area contributed by atoms with Crippen molar-refractivity contribution < 1.29 is 14.6 Å². The third-order valence-electron chi connectivity index (χ3n) is 11.0. The largest absolute Gasteiger partial charge is 0.393 e. The molecule has 6 unspecified atom stereocenters. The van der Waals surface area contributed by atoms with E-state index in [2.05, 4.69) is 51.1 Å². The fraction of sp³-hybridized carbons (Fsp3) is 0.697. The van der Waals surface area contributed by atoms with Crippen LogP contribution in [0.5, 0.6) is 0 Å². The van der Waals surface area contributed by atoms with E-state index in [1.54, 1.807) is 16.7 Å². The maximum atomic E-state index is 11.2. The minimum atomic E-state index is -0.364. The molecule has 5 aliphatic carbocycles. The number of fused-ring (bicyclic) bond motifs is 4. The number of benzene rings is 1. The molecule has 1 heterocycles. The van der Waals surface area contributed by atoms with Gasteiger partial charge in [0, 0.05) is 24.2 Å². The standard InChI is InChI=1S/C33H44O3/c1-31(2)19-35-33(36-20-31)15-14-25-24(17-33)10-11-26-28-12-13-29(34)32(28,3)18-27(30(25)26)23-8-6-22(7-9-23)16-21-4-5-21/h6-9,16,24,26-29,34H,4-5,10-15,17-20H2,1-3H3. The Labute approximate surface area is 217 Å². The quantitative estimate of drug-likeness (QED) is 0.441. The van der Waals surface area contributed by atoms with Crippen LogP contribution in [0.25, 0.3) is 6.08 Å². The monoisotopic (exact) mass is 488 g/mol. The summed E-state index contributed by atoms with van der Waals surface area (Å²) in [6, 6.07) is 9.47. The summed E-state index contributed by atoms with van der Waals surface area (Å²) in [5.74, 6) is 1.92. The lowest BCUT2D eigenvalue weighted by Crippen LogP contribution is -2.52. The van der Waals surface area contributed by atoms with Gasteiger partial charge in [-0.2, -0.15) is 0 Å². The molecular weight excluding hydrogens is 444 g/mol. The van der Waals surface area contributed by atoms with Crippen LogP contribution in [-0.2, 0) is 9.47 Å². The van der Waals surface area contributed by atoms with Crippen LogP contribution >= 0.6 is 0 Å². The van der Waals surface area contributed by atoms with E-state index in [1.165, 1.54) is 43.2 Å². The molecule has 36 heavy (non-hydrogen) atoms. The third kappa shape index (κ3) is 3.87. The molecule has 0 amide bonds. The van der Waals surface area contributed by atoms with Gasteiger partial charge in [-0.1, -0.05) is 67.8 Å². The molecule has 194 valence electrons. The smallest absolute Gasteiger partial charge is 0.169 e. The summed E-state index contributed by atoms with van der Waals surface area (Å²) in [7, 11) is 0. The van der Waals surface area contributed by atoms with Gasteiger partial charge >= 0.3 is 0 Å². The maximum absolute atomic E-state index is 11.2. The van der Waals surface area contributed by atoms with Crippen LogP contribution in [0.1, 0.15) is 102 Å². The molecule has 1 saturated heterocycles. The first-order chi connectivity index (χ1) is 17.3. The molecule has 1 aliphatic heterocycles. The topological polar surface area (TPSA) is 38.7 Å². The number of aliphatic hydroxyl groups excluding tert-OH is 1. The Morgan fingerprint density at radius 3 is 2.36 bits per heavy atom. The summed E-state index contributed by atoms with van der Waals surface area (Å²) in [5, 5.41) is 11.2. The minimum absolute atomic E-state index is 0.0396. The predicted molar refractivity (Wildman–Crippen MR) is 143 cm³/mol. The molecule has 6 aliphatic rings. The van der Waals surface area contributed by atoms with Gasteiger partial charge in [0.25, 0.3) is 0 Å². The van der Waals surface area contributed by atoms with Crippen molar-refractivity contribution in [3.05, 3.63) is 52.1 Å². The van der Waals surface area contributed by atoms with Gasteiger partial charge in [0.05, 0.1) is 19.3 Å². The average Bonchev–Trinajstić information content (AvgIpc) is 3.63. The first-order valence-electron chi connectivity index (χ1n) is 14.7. The van der Waals surface area contributed by atoms with E-state index in [4.69, 9.17) is 9.47 Å². The van der Waals surface area contributed by atoms with E-state index in [0.717, 1.165) is 45.3 Å². The molecule has 7 rings (SSSR count). The van der Waals surface area contributed by atoms with Gasteiger partial charge in [-0.05, 0) is 85.7 Å². The lowest BCUT2D eigenvalue weighted by molar-refractivity contribution is -0.312. The fourth-order valence-corrected chi connectivity index (χ4v) is 8.78. The van der Waals surface area contributed by atoms with Crippen molar-refractivity contribution in [2.24, 2.45) is 28.6 Å². The van der Waals surface area contributed by atoms with Crippen molar-refractivity contribution in [1.82, 2.24) is 0 Å². The first kappa shape index (κ1) is 23.7. The van der Waals surface area contributed by atoms with Crippen LogP contribution in [0.2, 0.25) is 0 Å². The Balaban J connectivity index is 1.24. The van der Waals surface area contributed by atoms with Gasteiger partial charge in [-0.3, -0.25) is 0 Å². The molecule has 1 aromatic rings. The van der Waals surface area contributed by atoms with Crippen molar-refractivity contribution in [1.29, 1.82) is 0 Å². The predicted octanol–water partition coefficient (Wildman–Crippen LogP) is 7.40. The molecule has 1 aromatic carbocycles. The summed E-state index contributed by atoms with van der Waals surface area (Å²) in [6.07, 6.45) is 13.7.